The van der Waals surface area contributed by atoms with Crippen LogP contribution in [0.2, 0.25) is 0 Å². The number of aromatic nitrogens is 1. The highest BCUT2D eigenvalue weighted by Gasteiger charge is 2.45. The lowest BCUT2D eigenvalue weighted by molar-refractivity contribution is -0.142. The molecule has 6 heteroatoms. The van der Waals surface area contributed by atoms with Crippen molar-refractivity contribution in [2.24, 2.45) is 5.92 Å². The Balaban J connectivity index is 1.87. The van der Waals surface area contributed by atoms with Crippen molar-refractivity contribution >= 4 is 11.9 Å². The van der Waals surface area contributed by atoms with Crippen LogP contribution in [0.4, 0.5) is 0 Å². The summed E-state index contributed by atoms with van der Waals surface area (Å²) in [6.45, 7) is 1.18. The van der Waals surface area contributed by atoms with E-state index in [-0.39, 0.29) is 18.4 Å². The molecule has 2 aliphatic rings. The zero-order valence-corrected chi connectivity index (χ0v) is 11.6. The van der Waals surface area contributed by atoms with Crippen LogP contribution in [0, 0.1) is 5.92 Å². The van der Waals surface area contributed by atoms with Crippen molar-refractivity contribution < 1.29 is 19.4 Å². The molecule has 3 unspecified atom stereocenters. The fraction of sp³-hybridized carbons (Fsp3) is 0.533. The second-order valence-electron chi connectivity index (χ2n) is 5.56. The summed E-state index contributed by atoms with van der Waals surface area (Å²) in [6.07, 6.45) is 5.25. The van der Waals surface area contributed by atoms with Gasteiger partial charge in [-0.1, -0.05) is 6.07 Å². The molecule has 21 heavy (non-hydrogen) atoms. The quantitative estimate of drug-likeness (QED) is 0.902. The number of nitrogens with zero attached hydrogens (tertiary/aromatic N) is 2. The van der Waals surface area contributed by atoms with E-state index >= 15 is 0 Å². The monoisotopic (exact) mass is 290 g/mol. The molecule has 3 heterocycles. The molecule has 3 atom stereocenters. The molecule has 0 radical (unpaired) electrons. The Kier molecular flexibility index (Phi) is 3.88. The number of carboxylic acid groups (broad SMARTS) is 1. The maximum atomic E-state index is 12.2. The van der Waals surface area contributed by atoms with Crippen LogP contribution in [-0.2, 0) is 14.3 Å². The number of pyridine rings is 1. The van der Waals surface area contributed by atoms with Crippen LogP contribution >= 0.6 is 0 Å². The van der Waals surface area contributed by atoms with Crippen molar-refractivity contribution in [3.05, 3.63) is 30.1 Å². The maximum absolute atomic E-state index is 12.2. The van der Waals surface area contributed by atoms with Crippen LogP contribution in [0.25, 0.3) is 0 Å². The molecular formula is C15H18N2O4. The number of rotatable bonds is 4. The molecule has 6 nitrogen and oxygen atoms in total. The van der Waals surface area contributed by atoms with Crippen LogP contribution in [-0.4, -0.2) is 46.1 Å². The topological polar surface area (TPSA) is 79.7 Å². The second kappa shape index (κ2) is 5.81. The molecule has 2 fully saturated rings. The first kappa shape index (κ1) is 14.0. The molecule has 1 aromatic rings. The first-order chi connectivity index (χ1) is 10.2. The SMILES string of the molecule is O=C(O)C1CC(=O)N(CC2CCCO2)C1c1cccnc1. The Labute approximate surface area is 122 Å². The normalized spacial score (nSPS) is 29.0. The van der Waals surface area contributed by atoms with E-state index in [0.717, 1.165) is 18.4 Å². The summed E-state index contributed by atoms with van der Waals surface area (Å²) in [5.41, 5.74) is 0.772. The molecular weight excluding hydrogens is 272 g/mol. The van der Waals surface area contributed by atoms with Gasteiger partial charge in [-0.05, 0) is 24.5 Å². The zero-order valence-electron chi connectivity index (χ0n) is 11.6. The van der Waals surface area contributed by atoms with Crippen molar-refractivity contribution in [2.75, 3.05) is 13.2 Å². The third kappa shape index (κ3) is 2.76. The standard InChI is InChI=1S/C15H18N2O4/c18-13-7-12(15(19)20)14(10-3-1-5-16-8-10)17(13)9-11-4-2-6-21-11/h1,3,5,8,11-12,14H,2,4,6-7,9H2,(H,19,20). The lowest BCUT2D eigenvalue weighted by Crippen LogP contribution is -2.36. The summed E-state index contributed by atoms with van der Waals surface area (Å²) in [7, 11) is 0. The van der Waals surface area contributed by atoms with E-state index in [1.54, 1.807) is 23.4 Å². The predicted octanol–water partition coefficient (Wildman–Crippen LogP) is 1.23. The average Bonchev–Trinajstić information content (AvgIpc) is 3.09. The molecule has 112 valence electrons. The summed E-state index contributed by atoms with van der Waals surface area (Å²) in [5.74, 6) is -1.78. The van der Waals surface area contributed by atoms with Gasteiger partial charge in [-0.25, -0.2) is 0 Å². The largest absolute Gasteiger partial charge is 0.481 e. The smallest absolute Gasteiger partial charge is 0.309 e. The van der Waals surface area contributed by atoms with Crippen LogP contribution in [0.3, 0.4) is 0 Å². The van der Waals surface area contributed by atoms with Crippen molar-refractivity contribution in [1.29, 1.82) is 0 Å². The Morgan fingerprint density at radius 1 is 1.52 bits per heavy atom. The van der Waals surface area contributed by atoms with Gasteiger partial charge in [0.05, 0.1) is 18.1 Å². The van der Waals surface area contributed by atoms with Crippen molar-refractivity contribution in [1.82, 2.24) is 9.88 Å². The average molecular weight is 290 g/mol. The molecule has 1 amide bonds. The first-order valence-electron chi connectivity index (χ1n) is 7.20. The van der Waals surface area contributed by atoms with Gasteiger partial charge < -0.3 is 14.7 Å². The molecule has 0 aromatic carbocycles. The number of hydrogen-bond acceptors (Lipinski definition) is 4. The third-order valence-electron chi connectivity index (χ3n) is 4.20. The van der Waals surface area contributed by atoms with Gasteiger partial charge in [-0.2, -0.15) is 0 Å². The van der Waals surface area contributed by atoms with Gasteiger partial charge in [0.2, 0.25) is 5.91 Å². The minimum Gasteiger partial charge on any atom is -0.481 e. The summed E-state index contributed by atoms with van der Waals surface area (Å²) in [6, 6.07) is 3.14. The van der Waals surface area contributed by atoms with Gasteiger partial charge in [-0.15, -0.1) is 0 Å². The van der Waals surface area contributed by atoms with Gasteiger partial charge >= 0.3 is 5.97 Å². The molecule has 3 rings (SSSR count). The summed E-state index contributed by atoms with van der Waals surface area (Å²) in [4.78, 5) is 29.4. The highest BCUT2D eigenvalue weighted by molar-refractivity contribution is 5.87. The molecule has 0 spiro atoms. The van der Waals surface area contributed by atoms with Crippen LogP contribution in [0.1, 0.15) is 30.9 Å². The number of hydrogen-bond donors (Lipinski definition) is 1. The molecule has 1 aromatic heterocycles. The Hall–Kier alpha value is -1.95. The Morgan fingerprint density at radius 2 is 2.38 bits per heavy atom. The second-order valence-corrected chi connectivity index (χ2v) is 5.56. The van der Waals surface area contributed by atoms with E-state index in [4.69, 9.17) is 4.74 Å². The van der Waals surface area contributed by atoms with Gasteiger partial charge in [0, 0.05) is 32.0 Å². The summed E-state index contributed by atoms with van der Waals surface area (Å²) >= 11 is 0. The number of amides is 1. The fourth-order valence-electron chi connectivity index (χ4n) is 3.20. The highest BCUT2D eigenvalue weighted by Crippen LogP contribution is 2.38. The summed E-state index contributed by atoms with van der Waals surface area (Å²) in [5, 5.41) is 9.41. The van der Waals surface area contributed by atoms with E-state index in [0.29, 0.717) is 13.2 Å². The molecule has 0 saturated carbocycles. The number of carbonyl (C=O) groups is 2. The highest BCUT2D eigenvalue weighted by atomic mass is 16.5. The summed E-state index contributed by atoms with van der Waals surface area (Å²) < 4.78 is 5.59. The first-order valence-corrected chi connectivity index (χ1v) is 7.20. The van der Waals surface area contributed by atoms with Crippen molar-refractivity contribution in [3.8, 4) is 0 Å². The Bertz CT molecular complexity index is 528. The van der Waals surface area contributed by atoms with Crippen LogP contribution in [0.15, 0.2) is 24.5 Å². The minimum absolute atomic E-state index is 0.0145. The predicted molar refractivity (Wildman–Crippen MR) is 73.4 cm³/mol. The van der Waals surface area contributed by atoms with Crippen molar-refractivity contribution in [3.63, 3.8) is 0 Å². The van der Waals surface area contributed by atoms with Gasteiger partial charge in [0.1, 0.15) is 0 Å². The van der Waals surface area contributed by atoms with Gasteiger partial charge in [-0.3, -0.25) is 14.6 Å². The van der Waals surface area contributed by atoms with E-state index in [9.17, 15) is 14.7 Å². The number of carbonyl (C=O) groups excluding carboxylic acids is 1. The zero-order chi connectivity index (χ0) is 14.8. The number of likely N-dealkylation sites (tertiary alicyclic amines) is 1. The molecule has 2 aliphatic heterocycles. The van der Waals surface area contributed by atoms with E-state index in [1.807, 2.05) is 6.07 Å². The molecule has 2 saturated heterocycles. The van der Waals surface area contributed by atoms with E-state index < -0.39 is 17.9 Å². The van der Waals surface area contributed by atoms with Gasteiger partial charge in [0.25, 0.3) is 0 Å². The maximum Gasteiger partial charge on any atom is 0.309 e. The van der Waals surface area contributed by atoms with E-state index in [2.05, 4.69) is 4.98 Å². The van der Waals surface area contributed by atoms with Gasteiger partial charge in [0.15, 0.2) is 0 Å². The lowest BCUT2D eigenvalue weighted by Gasteiger charge is -2.29. The van der Waals surface area contributed by atoms with E-state index in [1.165, 1.54) is 0 Å². The number of ether oxygens (including phenoxy) is 1. The third-order valence-corrected chi connectivity index (χ3v) is 4.20. The Morgan fingerprint density at radius 3 is 3.00 bits per heavy atom. The molecule has 0 bridgehead atoms. The molecule has 0 aliphatic carbocycles. The minimum atomic E-state index is -0.938. The van der Waals surface area contributed by atoms with Crippen LogP contribution in [0.5, 0.6) is 0 Å². The lowest BCUT2D eigenvalue weighted by atomic mass is 9.94. The number of aliphatic carboxylic acids is 1. The van der Waals surface area contributed by atoms with Crippen molar-refractivity contribution in [2.45, 2.75) is 31.4 Å². The number of carboxylic acids is 1. The fourth-order valence-corrected chi connectivity index (χ4v) is 3.20. The molecule has 1 N–H and O–H groups in total. The van der Waals surface area contributed by atoms with Crippen LogP contribution < -0.4 is 0 Å².